The van der Waals surface area contributed by atoms with E-state index in [1.807, 2.05) is 0 Å². The Morgan fingerprint density at radius 3 is 2.58 bits per heavy atom. The standard InChI is InChI=1S/C13H13ClFNO3/c14-10-2-1-3-11(15)9(10)6-16-12(17)7-4-5-8(7)13(18)19/h1-3,7-8H,4-6H2,(H,16,17)(H,18,19). The quantitative estimate of drug-likeness (QED) is 0.891. The van der Waals surface area contributed by atoms with Gasteiger partial charge < -0.3 is 10.4 Å². The van der Waals surface area contributed by atoms with Crippen LogP contribution in [-0.2, 0) is 16.1 Å². The molecule has 1 aliphatic rings. The molecule has 0 bridgehead atoms. The number of rotatable bonds is 4. The average Bonchev–Trinajstić information content (AvgIpc) is 2.25. The van der Waals surface area contributed by atoms with E-state index in [2.05, 4.69) is 5.32 Å². The Morgan fingerprint density at radius 2 is 2.05 bits per heavy atom. The summed E-state index contributed by atoms with van der Waals surface area (Å²) in [6.07, 6.45) is 1.06. The molecule has 6 heteroatoms. The molecule has 1 amide bonds. The van der Waals surface area contributed by atoms with Crippen LogP contribution >= 0.6 is 11.6 Å². The van der Waals surface area contributed by atoms with E-state index < -0.39 is 23.6 Å². The molecule has 2 rings (SSSR count). The molecule has 0 saturated heterocycles. The van der Waals surface area contributed by atoms with Gasteiger partial charge in [0.1, 0.15) is 5.82 Å². The van der Waals surface area contributed by atoms with Crippen LogP contribution in [0.1, 0.15) is 18.4 Å². The van der Waals surface area contributed by atoms with E-state index in [4.69, 9.17) is 16.7 Å². The summed E-state index contributed by atoms with van der Waals surface area (Å²) in [7, 11) is 0. The molecule has 1 saturated carbocycles. The predicted molar refractivity (Wildman–Crippen MR) is 67.1 cm³/mol. The Morgan fingerprint density at radius 1 is 1.37 bits per heavy atom. The minimum absolute atomic E-state index is 0.0345. The largest absolute Gasteiger partial charge is 0.481 e. The first-order valence-corrected chi connectivity index (χ1v) is 6.32. The minimum atomic E-state index is -0.963. The van der Waals surface area contributed by atoms with Crippen molar-refractivity contribution >= 4 is 23.5 Å². The van der Waals surface area contributed by atoms with E-state index in [0.717, 1.165) is 0 Å². The molecule has 0 radical (unpaired) electrons. The number of nitrogens with one attached hydrogen (secondary N) is 1. The summed E-state index contributed by atoms with van der Waals surface area (Å²) in [4.78, 5) is 22.6. The molecule has 0 spiro atoms. The lowest BCUT2D eigenvalue weighted by atomic mass is 9.73. The third-order valence-electron chi connectivity index (χ3n) is 3.43. The second kappa shape index (κ2) is 5.57. The van der Waals surface area contributed by atoms with Crippen LogP contribution in [0.25, 0.3) is 0 Å². The van der Waals surface area contributed by atoms with Crippen molar-refractivity contribution < 1.29 is 19.1 Å². The number of aliphatic carboxylic acids is 1. The molecule has 1 aliphatic carbocycles. The van der Waals surface area contributed by atoms with Gasteiger partial charge in [0.25, 0.3) is 0 Å². The summed E-state index contributed by atoms with van der Waals surface area (Å²) >= 11 is 5.83. The van der Waals surface area contributed by atoms with E-state index >= 15 is 0 Å². The smallest absolute Gasteiger partial charge is 0.307 e. The van der Waals surface area contributed by atoms with Crippen LogP contribution in [0.4, 0.5) is 4.39 Å². The molecular weight excluding hydrogens is 273 g/mol. The van der Waals surface area contributed by atoms with E-state index in [1.165, 1.54) is 18.2 Å². The zero-order chi connectivity index (χ0) is 14.0. The normalized spacial score (nSPS) is 21.6. The van der Waals surface area contributed by atoms with E-state index in [1.54, 1.807) is 0 Å². The van der Waals surface area contributed by atoms with Crippen molar-refractivity contribution in [1.29, 1.82) is 0 Å². The van der Waals surface area contributed by atoms with Gasteiger partial charge in [-0.3, -0.25) is 9.59 Å². The number of amides is 1. The summed E-state index contributed by atoms with van der Waals surface area (Å²) in [6, 6.07) is 4.28. The lowest BCUT2D eigenvalue weighted by Crippen LogP contribution is -2.43. The van der Waals surface area contributed by atoms with Crippen molar-refractivity contribution in [1.82, 2.24) is 5.32 Å². The molecular formula is C13H13ClFNO3. The number of hydrogen-bond acceptors (Lipinski definition) is 2. The molecule has 4 nitrogen and oxygen atoms in total. The molecule has 2 unspecified atom stereocenters. The lowest BCUT2D eigenvalue weighted by Gasteiger charge is -2.31. The Hall–Kier alpha value is -1.62. The van der Waals surface area contributed by atoms with Crippen molar-refractivity contribution in [3.05, 3.63) is 34.6 Å². The molecule has 1 aromatic rings. The summed E-state index contributed by atoms with van der Waals surface area (Å²) in [5, 5.41) is 11.6. The Balaban J connectivity index is 1.96. The Bertz CT molecular complexity index is 500. The van der Waals surface area contributed by atoms with Crippen LogP contribution in [0.2, 0.25) is 5.02 Å². The molecule has 1 fully saturated rings. The molecule has 1 aromatic carbocycles. The summed E-state index contributed by atoms with van der Waals surface area (Å²) in [6.45, 7) is -0.0345. The van der Waals surface area contributed by atoms with Gasteiger partial charge in [-0.15, -0.1) is 0 Å². The van der Waals surface area contributed by atoms with E-state index in [-0.39, 0.29) is 23.0 Å². The van der Waals surface area contributed by atoms with Crippen molar-refractivity contribution in [2.45, 2.75) is 19.4 Å². The van der Waals surface area contributed by atoms with Gasteiger partial charge in [0.2, 0.25) is 5.91 Å². The first-order valence-electron chi connectivity index (χ1n) is 5.94. The second-order valence-corrected chi connectivity index (χ2v) is 4.95. The zero-order valence-electron chi connectivity index (χ0n) is 10.0. The third kappa shape index (κ3) is 2.87. The van der Waals surface area contributed by atoms with Crippen molar-refractivity contribution in [2.75, 3.05) is 0 Å². The van der Waals surface area contributed by atoms with Crippen molar-refractivity contribution in [3.63, 3.8) is 0 Å². The van der Waals surface area contributed by atoms with Crippen molar-refractivity contribution in [2.24, 2.45) is 11.8 Å². The van der Waals surface area contributed by atoms with Crippen LogP contribution in [-0.4, -0.2) is 17.0 Å². The van der Waals surface area contributed by atoms with Crippen molar-refractivity contribution in [3.8, 4) is 0 Å². The second-order valence-electron chi connectivity index (χ2n) is 4.55. The molecule has 19 heavy (non-hydrogen) atoms. The van der Waals surface area contributed by atoms with E-state index in [9.17, 15) is 14.0 Å². The van der Waals surface area contributed by atoms with Crippen LogP contribution in [0.5, 0.6) is 0 Å². The number of carboxylic acids is 1. The topological polar surface area (TPSA) is 66.4 Å². The van der Waals surface area contributed by atoms with Gasteiger partial charge in [-0.05, 0) is 25.0 Å². The highest BCUT2D eigenvalue weighted by Crippen LogP contribution is 2.34. The SMILES string of the molecule is O=C(O)C1CCC1C(=O)NCc1c(F)cccc1Cl. The fourth-order valence-electron chi connectivity index (χ4n) is 2.12. The zero-order valence-corrected chi connectivity index (χ0v) is 10.8. The summed E-state index contributed by atoms with van der Waals surface area (Å²) in [5.74, 6) is -2.97. The number of halogens is 2. The number of carbonyl (C=O) groups is 2. The maximum absolute atomic E-state index is 13.5. The van der Waals surface area contributed by atoms with Gasteiger partial charge in [-0.2, -0.15) is 0 Å². The molecule has 2 N–H and O–H groups in total. The van der Waals surface area contributed by atoms with Crippen LogP contribution in [0.15, 0.2) is 18.2 Å². The summed E-state index contributed by atoms with van der Waals surface area (Å²) in [5.41, 5.74) is 0.212. The number of carbonyl (C=O) groups excluding carboxylic acids is 1. The van der Waals surface area contributed by atoms with Crippen LogP contribution in [0.3, 0.4) is 0 Å². The Kier molecular flexibility index (Phi) is 4.04. The van der Waals surface area contributed by atoms with Gasteiger partial charge in [-0.25, -0.2) is 4.39 Å². The first kappa shape index (κ1) is 13.8. The number of benzene rings is 1. The number of carboxylic acid groups (broad SMARTS) is 1. The van der Waals surface area contributed by atoms with Crippen LogP contribution < -0.4 is 5.32 Å². The fraction of sp³-hybridized carbons (Fsp3) is 0.385. The number of hydrogen-bond donors (Lipinski definition) is 2. The van der Waals surface area contributed by atoms with Gasteiger partial charge in [0.15, 0.2) is 0 Å². The lowest BCUT2D eigenvalue weighted by molar-refractivity contribution is -0.152. The first-order chi connectivity index (χ1) is 9.00. The highest BCUT2D eigenvalue weighted by atomic mass is 35.5. The maximum Gasteiger partial charge on any atom is 0.307 e. The fourth-order valence-corrected chi connectivity index (χ4v) is 2.35. The maximum atomic E-state index is 13.5. The highest BCUT2D eigenvalue weighted by Gasteiger charge is 2.41. The monoisotopic (exact) mass is 285 g/mol. The highest BCUT2D eigenvalue weighted by molar-refractivity contribution is 6.31. The predicted octanol–water partition coefficient (Wildman–Crippen LogP) is 2.21. The van der Waals surface area contributed by atoms with Gasteiger partial charge in [0.05, 0.1) is 11.8 Å². The average molecular weight is 286 g/mol. The molecule has 0 aliphatic heterocycles. The van der Waals surface area contributed by atoms with E-state index in [0.29, 0.717) is 12.8 Å². The van der Waals surface area contributed by atoms with Gasteiger partial charge in [0, 0.05) is 17.1 Å². The molecule has 102 valence electrons. The van der Waals surface area contributed by atoms with Gasteiger partial charge >= 0.3 is 5.97 Å². The Labute approximate surface area is 114 Å². The van der Waals surface area contributed by atoms with Crippen LogP contribution in [0, 0.1) is 17.7 Å². The molecule has 0 heterocycles. The van der Waals surface area contributed by atoms with Gasteiger partial charge in [-0.1, -0.05) is 17.7 Å². The minimum Gasteiger partial charge on any atom is -0.481 e. The molecule has 2 atom stereocenters. The molecule has 0 aromatic heterocycles. The summed E-state index contributed by atoms with van der Waals surface area (Å²) < 4.78 is 13.5. The third-order valence-corrected chi connectivity index (χ3v) is 3.78.